The van der Waals surface area contributed by atoms with Gasteiger partial charge < -0.3 is 4.74 Å². The largest absolute Gasteiger partial charge is 0.377 e. The van der Waals surface area contributed by atoms with Crippen LogP contribution in [0.25, 0.3) is 11.5 Å². The minimum atomic E-state index is 0.353. The molecule has 0 radical (unpaired) electrons. The molecule has 9 heteroatoms. The van der Waals surface area contributed by atoms with Gasteiger partial charge in [0.25, 0.3) is 0 Å². The maximum Gasteiger partial charge on any atom is 0.177 e. The highest BCUT2D eigenvalue weighted by Crippen LogP contribution is 2.20. The van der Waals surface area contributed by atoms with Gasteiger partial charge in [-0.1, -0.05) is 13.3 Å². The predicted octanol–water partition coefficient (Wildman–Crippen LogP) is 2.27. The number of hydrogen-bond donors (Lipinski definition) is 0. The maximum absolute atomic E-state index is 9.40. The van der Waals surface area contributed by atoms with Gasteiger partial charge >= 0.3 is 0 Å². The summed E-state index contributed by atoms with van der Waals surface area (Å²) in [6.45, 7) is 2.48. The number of aromatic nitrogens is 7. The topological polar surface area (TPSA) is 107 Å². The van der Waals surface area contributed by atoms with E-state index < -0.39 is 0 Å². The molecule has 4 aromatic heterocycles. The fourth-order valence-corrected chi connectivity index (χ4v) is 3.31. The number of hydrogen-bond acceptors (Lipinski definition) is 7. The first-order valence-electron chi connectivity index (χ1n) is 9.34. The van der Waals surface area contributed by atoms with E-state index in [2.05, 4.69) is 38.1 Å². The smallest absolute Gasteiger partial charge is 0.177 e. The SMILES string of the molecule is CCCc1c(Cc2ccnn2-c2ncccc2C#N)ncn2nc(COC)nc12. The Kier molecular flexibility index (Phi) is 5.27. The molecule has 0 bridgehead atoms. The molecule has 4 aromatic rings. The maximum atomic E-state index is 9.40. The molecule has 0 fully saturated rings. The van der Waals surface area contributed by atoms with Crippen LogP contribution in [0.5, 0.6) is 0 Å². The summed E-state index contributed by atoms with van der Waals surface area (Å²) in [4.78, 5) is 13.6. The number of nitriles is 1. The van der Waals surface area contributed by atoms with Gasteiger partial charge in [0, 0.05) is 31.5 Å². The minimum absolute atomic E-state index is 0.353. The fourth-order valence-electron chi connectivity index (χ4n) is 3.31. The lowest BCUT2D eigenvalue weighted by atomic mass is 10.1. The van der Waals surface area contributed by atoms with Crippen molar-refractivity contribution in [2.45, 2.75) is 32.8 Å². The Bertz CT molecular complexity index is 1190. The molecule has 0 spiro atoms. The molecule has 0 aliphatic heterocycles. The van der Waals surface area contributed by atoms with Crippen LogP contribution in [0.4, 0.5) is 0 Å². The van der Waals surface area contributed by atoms with Gasteiger partial charge in [0.15, 0.2) is 17.3 Å². The molecule has 0 N–H and O–H groups in total. The van der Waals surface area contributed by atoms with E-state index in [1.807, 2.05) is 6.07 Å². The van der Waals surface area contributed by atoms with Crippen molar-refractivity contribution in [1.29, 1.82) is 5.26 Å². The highest BCUT2D eigenvalue weighted by Gasteiger charge is 2.17. The third-order valence-electron chi connectivity index (χ3n) is 4.57. The lowest BCUT2D eigenvalue weighted by Crippen LogP contribution is -2.10. The van der Waals surface area contributed by atoms with Gasteiger partial charge in [-0.2, -0.15) is 10.4 Å². The van der Waals surface area contributed by atoms with Crippen molar-refractivity contribution in [3.05, 3.63) is 65.3 Å². The second-order valence-electron chi connectivity index (χ2n) is 6.55. The van der Waals surface area contributed by atoms with Crippen molar-refractivity contribution in [3.63, 3.8) is 0 Å². The zero-order valence-electron chi connectivity index (χ0n) is 16.3. The number of ether oxygens (including phenoxy) is 1. The number of pyridine rings is 1. The van der Waals surface area contributed by atoms with E-state index in [4.69, 9.17) is 4.74 Å². The van der Waals surface area contributed by atoms with Crippen LogP contribution in [0.1, 0.15) is 41.7 Å². The van der Waals surface area contributed by atoms with Crippen LogP contribution < -0.4 is 0 Å². The number of methoxy groups -OCH3 is 1. The Balaban J connectivity index is 1.77. The van der Waals surface area contributed by atoms with Crippen LogP contribution in [0.3, 0.4) is 0 Å². The summed E-state index contributed by atoms with van der Waals surface area (Å²) in [6.07, 6.45) is 7.37. The molecule has 0 amide bonds. The van der Waals surface area contributed by atoms with Crippen LogP contribution >= 0.6 is 0 Å². The fraction of sp³-hybridized carbons (Fsp3) is 0.300. The van der Waals surface area contributed by atoms with E-state index in [0.717, 1.165) is 35.4 Å². The van der Waals surface area contributed by atoms with Gasteiger partial charge in [-0.25, -0.2) is 24.1 Å². The van der Waals surface area contributed by atoms with Gasteiger partial charge in [0.2, 0.25) is 0 Å². The number of nitrogens with zero attached hydrogens (tertiary/aromatic N) is 8. The second kappa shape index (κ2) is 8.16. The monoisotopic (exact) mass is 388 g/mol. The summed E-state index contributed by atoms with van der Waals surface area (Å²) in [5, 5.41) is 18.2. The van der Waals surface area contributed by atoms with E-state index in [1.165, 1.54) is 0 Å². The zero-order chi connectivity index (χ0) is 20.2. The van der Waals surface area contributed by atoms with E-state index >= 15 is 0 Å². The summed E-state index contributed by atoms with van der Waals surface area (Å²) < 4.78 is 8.55. The Morgan fingerprint density at radius 1 is 1.21 bits per heavy atom. The minimum Gasteiger partial charge on any atom is -0.377 e. The van der Waals surface area contributed by atoms with Crippen molar-refractivity contribution in [2.24, 2.45) is 0 Å². The molecule has 9 nitrogen and oxygen atoms in total. The average Bonchev–Trinajstić information content (AvgIpc) is 3.36. The highest BCUT2D eigenvalue weighted by molar-refractivity contribution is 5.50. The van der Waals surface area contributed by atoms with Crippen LogP contribution in [-0.2, 0) is 24.2 Å². The summed E-state index contributed by atoms with van der Waals surface area (Å²) in [7, 11) is 1.62. The second-order valence-corrected chi connectivity index (χ2v) is 6.55. The number of fused-ring (bicyclic) bond motifs is 1. The third kappa shape index (κ3) is 3.58. The van der Waals surface area contributed by atoms with Crippen molar-refractivity contribution < 1.29 is 4.74 Å². The van der Waals surface area contributed by atoms with Crippen molar-refractivity contribution in [2.75, 3.05) is 7.11 Å². The first kappa shape index (κ1) is 18.7. The number of aryl methyl sites for hydroxylation is 1. The van der Waals surface area contributed by atoms with Crippen LogP contribution in [0.2, 0.25) is 0 Å². The molecule has 0 saturated carbocycles. The summed E-state index contributed by atoms with van der Waals surface area (Å²) in [5.74, 6) is 1.14. The molecule has 0 aliphatic carbocycles. The molecule has 4 rings (SSSR count). The Labute approximate surface area is 167 Å². The van der Waals surface area contributed by atoms with Crippen LogP contribution in [0.15, 0.2) is 36.9 Å². The zero-order valence-corrected chi connectivity index (χ0v) is 16.3. The molecule has 0 atom stereocenters. The lowest BCUT2D eigenvalue weighted by Gasteiger charge is -2.11. The molecule has 0 saturated heterocycles. The standard InChI is InChI=1S/C20H20N8O/c1-3-5-16-17(23-13-27-20(16)25-18(26-27)12-29-2)10-15-7-9-24-28(15)19-14(11-21)6-4-8-22-19/h4,6-9,13H,3,5,10,12H2,1-2H3. The van der Waals surface area contributed by atoms with Crippen molar-refractivity contribution >= 4 is 5.65 Å². The lowest BCUT2D eigenvalue weighted by molar-refractivity contribution is 0.178. The van der Waals surface area contributed by atoms with Crippen molar-refractivity contribution in [1.82, 2.24) is 34.3 Å². The van der Waals surface area contributed by atoms with E-state index in [9.17, 15) is 5.26 Å². The van der Waals surface area contributed by atoms with Crippen LogP contribution in [0, 0.1) is 11.3 Å². The summed E-state index contributed by atoms with van der Waals surface area (Å²) >= 11 is 0. The Morgan fingerprint density at radius 3 is 2.90 bits per heavy atom. The van der Waals surface area contributed by atoms with Gasteiger partial charge in [-0.15, -0.1) is 5.10 Å². The van der Waals surface area contributed by atoms with Gasteiger partial charge in [0.05, 0.1) is 17.0 Å². The van der Waals surface area contributed by atoms with Crippen molar-refractivity contribution in [3.8, 4) is 11.9 Å². The average molecular weight is 388 g/mol. The van der Waals surface area contributed by atoms with Gasteiger partial charge in [-0.3, -0.25) is 0 Å². The van der Waals surface area contributed by atoms with Crippen LogP contribution in [-0.4, -0.2) is 41.5 Å². The molecule has 0 aromatic carbocycles. The summed E-state index contributed by atoms with van der Waals surface area (Å²) in [6, 6.07) is 7.56. The molecule has 146 valence electrons. The van der Waals surface area contributed by atoms with E-state index in [0.29, 0.717) is 30.2 Å². The quantitative estimate of drug-likeness (QED) is 0.478. The van der Waals surface area contributed by atoms with E-state index in [-0.39, 0.29) is 0 Å². The Hall–Kier alpha value is -3.64. The molecule has 0 unspecified atom stereocenters. The highest BCUT2D eigenvalue weighted by atomic mass is 16.5. The summed E-state index contributed by atoms with van der Waals surface area (Å²) in [5.41, 5.74) is 4.12. The molecule has 0 aliphatic rings. The normalized spacial score (nSPS) is 11.1. The first-order valence-corrected chi connectivity index (χ1v) is 9.34. The Morgan fingerprint density at radius 2 is 2.10 bits per heavy atom. The number of rotatable bonds is 7. The molecule has 4 heterocycles. The van der Waals surface area contributed by atoms with Gasteiger partial charge in [0.1, 0.15) is 19.0 Å². The first-order chi connectivity index (χ1) is 14.2. The molecular formula is C20H20N8O. The molecule has 29 heavy (non-hydrogen) atoms. The third-order valence-corrected chi connectivity index (χ3v) is 4.57. The van der Waals surface area contributed by atoms with E-state index in [1.54, 1.807) is 47.2 Å². The predicted molar refractivity (Wildman–Crippen MR) is 104 cm³/mol. The van der Waals surface area contributed by atoms with Gasteiger partial charge in [-0.05, 0) is 24.6 Å². The molecular weight excluding hydrogens is 368 g/mol.